The topological polar surface area (TPSA) is 101 Å². The highest BCUT2D eigenvalue weighted by Crippen LogP contribution is 1.95. The lowest BCUT2D eigenvalue weighted by molar-refractivity contribution is 0.317. The first-order chi connectivity index (χ1) is 5.58. The molecule has 1 heterocycles. The first-order valence-electron chi connectivity index (χ1n) is 2.77. The quantitative estimate of drug-likeness (QED) is 0.496. The molecule has 0 saturated heterocycles. The van der Waals surface area contributed by atoms with Crippen molar-refractivity contribution in [3.8, 4) is 0 Å². The van der Waals surface area contributed by atoms with Gasteiger partial charge in [-0.1, -0.05) is 0 Å². The van der Waals surface area contributed by atoms with E-state index in [1.165, 1.54) is 12.4 Å². The molecule has 1 rings (SSSR count). The Morgan fingerprint density at radius 1 is 1.42 bits per heavy atom. The number of hydrogen-bond donors (Lipinski definition) is 2. The predicted molar refractivity (Wildman–Crippen MR) is 38.3 cm³/mol. The van der Waals surface area contributed by atoms with E-state index in [1.54, 1.807) is 6.07 Å². The molecule has 8 heteroatoms. The minimum Gasteiger partial charge on any atom is -0.262 e. The molecule has 1 aromatic heterocycles. The monoisotopic (exact) mass is 191 g/mol. The van der Waals surface area contributed by atoms with E-state index in [4.69, 9.17) is 4.55 Å². The lowest BCUT2D eigenvalue weighted by Gasteiger charge is -1.99. The highest BCUT2D eigenvalue weighted by atomic mass is 32.3. The van der Waals surface area contributed by atoms with Crippen molar-refractivity contribution in [1.82, 2.24) is 9.97 Å². The summed E-state index contributed by atoms with van der Waals surface area (Å²) in [4.78, 5) is 7.12. The van der Waals surface area contributed by atoms with Gasteiger partial charge in [0.25, 0.3) is 0 Å². The fraction of sp³-hybridized carbons (Fsp3) is 0. The molecule has 0 bridgehead atoms. The van der Waals surface area contributed by atoms with E-state index >= 15 is 0 Å². The van der Waals surface area contributed by atoms with Crippen LogP contribution in [-0.2, 0) is 14.7 Å². The van der Waals surface area contributed by atoms with Gasteiger partial charge in [-0.3, -0.25) is 4.55 Å². The van der Waals surface area contributed by atoms with Crippen molar-refractivity contribution < 1.29 is 17.3 Å². The molecular formula is C4H5N3O4S. The summed E-state index contributed by atoms with van der Waals surface area (Å²) in [7, 11) is -4.51. The maximum atomic E-state index is 10.0. The van der Waals surface area contributed by atoms with Crippen LogP contribution in [0.3, 0.4) is 0 Å². The maximum absolute atomic E-state index is 10.0. The Bertz CT molecular complexity index is 337. The Morgan fingerprint density at radius 2 is 2.00 bits per heavy atom. The molecule has 0 radical (unpaired) electrons. The number of nitrogens with zero attached hydrogens (tertiary/aromatic N) is 2. The van der Waals surface area contributed by atoms with E-state index in [2.05, 4.69) is 14.3 Å². The highest BCUT2D eigenvalue weighted by molar-refractivity contribution is 7.80. The minimum absolute atomic E-state index is 0.0601. The van der Waals surface area contributed by atoms with Gasteiger partial charge in [-0.05, 0) is 6.07 Å². The van der Waals surface area contributed by atoms with Gasteiger partial charge in [0.1, 0.15) is 0 Å². The molecular weight excluding hydrogens is 186 g/mol. The second kappa shape index (κ2) is 3.43. The van der Waals surface area contributed by atoms with Crippen LogP contribution in [0, 0.1) is 0 Å². The van der Waals surface area contributed by atoms with Crippen molar-refractivity contribution in [3.63, 3.8) is 0 Å². The first-order valence-corrected chi connectivity index (χ1v) is 4.13. The third kappa shape index (κ3) is 3.23. The minimum atomic E-state index is -4.51. The van der Waals surface area contributed by atoms with Crippen molar-refractivity contribution in [1.29, 1.82) is 0 Å². The Morgan fingerprint density at radius 3 is 2.50 bits per heavy atom. The van der Waals surface area contributed by atoms with Crippen LogP contribution in [0.1, 0.15) is 0 Å². The summed E-state index contributed by atoms with van der Waals surface area (Å²) in [5.74, 6) is -0.0601. The van der Waals surface area contributed by atoms with Gasteiger partial charge in [-0.15, -0.1) is 4.28 Å². The summed E-state index contributed by atoms with van der Waals surface area (Å²) in [6, 6.07) is 1.54. The van der Waals surface area contributed by atoms with Crippen LogP contribution >= 0.6 is 0 Å². The normalized spacial score (nSPS) is 11.1. The fourth-order valence-electron chi connectivity index (χ4n) is 0.442. The van der Waals surface area contributed by atoms with Crippen molar-refractivity contribution >= 4 is 16.3 Å². The average molecular weight is 191 g/mol. The van der Waals surface area contributed by atoms with Gasteiger partial charge in [0.05, 0.1) is 0 Å². The number of rotatable bonds is 3. The van der Waals surface area contributed by atoms with E-state index in [0.717, 1.165) is 0 Å². The summed E-state index contributed by atoms with van der Waals surface area (Å²) < 4.78 is 31.9. The summed E-state index contributed by atoms with van der Waals surface area (Å²) >= 11 is 0. The molecule has 0 atom stereocenters. The van der Waals surface area contributed by atoms with Gasteiger partial charge in [0.2, 0.25) is 5.95 Å². The van der Waals surface area contributed by atoms with Gasteiger partial charge in [0.15, 0.2) is 0 Å². The first kappa shape index (κ1) is 8.84. The number of hydrogen-bond acceptors (Lipinski definition) is 6. The molecule has 0 saturated carbocycles. The average Bonchev–Trinajstić information content (AvgIpc) is 2.02. The summed E-state index contributed by atoms with van der Waals surface area (Å²) in [6.45, 7) is 0. The largest absolute Gasteiger partial charge is 0.418 e. The van der Waals surface area contributed by atoms with E-state index in [-0.39, 0.29) is 5.95 Å². The van der Waals surface area contributed by atoms with Crippen LogP contribution in [0.2, 0.25) is 0 Å². The number of nitrogens with one attached hydrogen (secondary N) is 1. The molecule has 0 aromatic carbocycles. The number of aromatic nitrogens is 2. The second-order valence-corrected chi connectivity index (χ2v) is 2.71. The SMILES string of the molecule is O=S(=O)(O)ONc1ncccn1. The third-order valence-corrected chi connectivity index (χ3v) is 1.10. The molecule has 66 valence electrons. The zero-order valence-corrected chi connectivity index (χ0v) is 6.52. The Hall–Kier alpha value is -1.25. The summed E-state index contributed by atoms with van der Waals surface area (Å²) in [5.41, 5.74) is 1.82. The molecule has 12 heavy (non-hydrogen) atoms. The smallest absolute Gasteiger partial charge is 0.262 e. The van der Waals surface area contributed by atoms with Crippen LogP contribution in [-0.4, -0.2) is 22.9 Å². The molecule has 0 aliphatic rings. The van der Waals surface area contributed by atoms with Gasteiger partial charge in [-0.25, -0.2) is 15.4 Å². The Labute approximate surface area is 68.3 Å². The van der Waals surface area contributed by atoms with Crippen molar-refractivity contribution in [2.45, 2.75) is 0 Å². The molecule has 1 aromatic rings. The van der Waals surface area contributed by atoms with Crippen molar-refractivity contribution in [3.05, 3.63) is 18.5 Å². The Kier molecular flexibility index (Phi) is 2.53. The zero-order valence-electron chi connectivity index (χ0n) is 5.71. The van der Waals surface area contributed by atoms with Crippen molar-refractivity contribution in [2.75, 3.05) is 5.48 Å². The summed E-state index contributed by atoms with van der Waals surface area (Å²) in [5, 5.41) is 0. The molecule has 2 N–H and O–H groups in total. The lowest BCUT2D eigenvalue weighted by atomic mass is 10.7. The molecule has 7 nitrogen and oxygen atoms in total. The van der Waals surface area contributed by atoms with Gasteiger partial charge in [-0.2, -0.15) is 8.42 Å². The van der Waals surface area contributed by atoms with Crippen LogP contribution in [0.5, 0.6) is 0 Å². The van der Waals surface area contributed by atoms with Gasteiger partial charge in [0, 0.05) is 12.4 Å². The van der Waals surface area contributed by atoms with E-state index in [1.807, 2.05) is 5.48 Å². The van der Waals surface area contributed by atoms with E-state index in [0.29, 0.717) is 0 Å². The van der Waals surface area contributed by atoms with E-state index in [9.17, 15) is 8.42 Å². The molecule has 0 aliphatic carbocycles. The van der Waals surface area contributed by atoms with Gasteiger partial charge >= 0.3 is 10.4 Å². The molecule has 0 fully saturated rings. The fourth-order valence-corrected chi connectivity index (χ4v) is 0.622. The molecule has 0 amide bonds. The van der Waals surface area contributed by atoms with E-state index < -0.39 is 10.4 Å². The van der Waals surface area contributed by atoms with Gasteiger partial charge < -0.3 is 0 Å². The highest BCUT2D eigenvalue weighted by Gasteiger charge is 2.04. The van der Waals surface area contributed by atoms with Crippen LogP contribution in [0.4, 0.5) is 5.95 Å². The molecule has 0 spiro atoms. The lowest BCUT2D eigenvalue weighted by Crippen LogP contribution is -2.11. The van der Waals surface area contributed by atoms with Crippen LogP contribution in [0.15, 0.2) is 18.5 Å². The number of anilines is 1. The maximum Gasteiger partial charge on any atom is 0.418 e. The van der Waals surface area contributed by atoms with Crippen LogP contribution in [0.25, 0.3) is 0 Å². The summed E-state index contributed by atoms with van der Waals surface area (Å²) in [6.07, 6.45) is 2.76. The predicted octanol–water partition coefficient (Wildman–Crippen LogP) is -0.377. The zero-order chi connectivity index (χ0) is 9.03. The van der Waals surface area contributed by atoms with Crippen LogP contribution < -0.4 is 5.48 Å². The standard InChI is InChI=1S/C4H5N3O4S/c8-12(9,10)11-7-4-5-2-1-3-6-4/h1-3H,(H,5,6,7)(H,8,9,10). The van der Waals surface area contributed by atoms with Crippen molar-refractivity contribution in [2.24, 2.45) is 0 Å². The third-order valence-electron chi connectivity index (χ3n) is 0.804. The Balaban J connectivity index is 2.56. The second-order valence-electron chi connectivity index (χ2n) is 1.69. The molecule has 0 aliphatic heterocycles. The molecule has 0 unspecified atom stereocenters.